The molecule has 3 aromatic rings. The van der Waals surface area contributed by atoms with Crippen molar-refractivity contribution in [3.8, 4) is 11.3 Å². The van der Waals surface area contributed by atoms with Gasteiger partial charge in [0.15, 0.2) is 5.13 Å². The third kappa shape index (κ3) is 3.48. The number of aromatic nitrogens is 1. The summed E-state index contributed by atoms with van der Waals surface area (Å²) in [7, 11) is 0. The Morgan fingerprint density at radius 2 is 2.00 bits per heavy atom. The Hall–Kier alpha value is -2.18. The minimum Gasteiger partial charge on any atom is -0.399 e. The topological polar surface area (TPSA) is 68.0 Å². The first kappa shape index (κ1) is 13.8. The Labute approximate surface area is 130 Å². The van der Waals surface area contributed by atoms with Crippen molar-refractivity contribution in [2.45, 2.75) is 6.42 Å². The summed E-state index contributed by atoms with van der Waals surface area (Å²) in [6.45, 7) is 0. The summed E-state index contributed by atoms with van der Waals surface area (Å²) in [6.07, 6.45) is 0.383. The van der Waals surface area contributed by atoms with Crippen LogP contribution in [0.2, 0.25) is 0 Å². The molecular weight excluding hydrogens is 302 g/mol. The van der Waals surface area contributed by atoms with E-state index in [0.717, 1.165) is 21.8 Å². The lowest BCUT2D eigenvalue weighted by Gasteiger charge is -2.00. The number of benzene rings is 1. The molecule has 106 valence electrons. The largest absolute Gasteiger partial charge is 0.399 e. The second kappa shape index (κ2) is 6.07. The highest BCUT2D eigenvalue weighted by Crippen LogP contribution is 2.25. The SMILES string of the molecule is Nc1ccc(-c2csc(NC(=O)Cc3cccs3)n2)cc1. The van der Waals surface area contributed by atoms with Gasteiger partial charge in [-0.1, -0.05) is 18.2 Å². The van der Waals surface area contributed by atoms with Crippen LogP contribution >= 0.6 is 22.7 Å². The summed E-state index contributed by atoms with van der Waals surface area (Å²) in [5, 5.41) is 7.33. The first-order chi connectivity index (χ1) is 10.2. The number of rotatable bonds is 4. The molecule has 0 fully saturated rings. The predicted molar refractivity (Wildman–Crippen MR) is 88.6 cm³/mol. The summed E-state index contributed by atoms with van der Waals surface area (Å²) in [5.74, 6) is -0.0457. The molecule has 1 amide bonds. The van der Waals surface area contributed by atoms with Crippen LogP contribution in [0.3, 0.4) is 0 Å². The minimum atomic E-state index is -0.0457. The fourth-order valence-corrected chi connectivity index (χ4v) is 3.29. The fourth-order valence-electron chi connectivity index (χ4n) is 1.85. The summed E-state index contributed by atoms with van der Waals surface area (Å²) >= 11 is 2.99. The monoisotopic (exact) mass is 315 g/mol. The normalized spacial score (nSPS) is 10.5. The zero-order valence-corrected chi connectivity index (χ0v) is 12.7. The number of thiazole rings is 1. The van der Waals surface area contributed by atoms with E-state index in [1.165, 1.54) is 11.3 Å². The van der Waals surface area contributed by atoms with Crippen LogP contribution in [0.4, 0.5) is 10.8 Å². The molecule has 0 aliphatic carbocycles. The summed E-state index contributed by atoms with van der Waals surface area (Å²) in [4.78, 5) is 17.4. The van der Waals surface area contributed by atoms with Crippen LogP contribution in [-0.2, 0) is 11.2 Å². The quantitative estimate of drug-likeness (QED) is 0.722. The van der Waals surface area contributed by atoms with E-state index < -0.39 is 0 Å². The van der Waals surface area contributed by atoms with Gasteiger partial charge in [-0.2, -0.15) is 0 Å². The van der Waals surface area contributed by atoms with Crippen molar-refractivity contribution in [2.24, 2.45) is 0 Å². The van der Waals surface area contributed by atoms with Gasteiger partial charge in [-0.15, -0.1) is 22.7 Å². The molecule has 0 spiro atoms. The van der Waals surface area contributed by atoms with Crippen LogP contribution in [0.1, 0.15) is 4.88 Å². The number of carbonyl (C=O) groups excluding carboxylic acids is 1. The minimum absolute atomic E-state index is 0.0457. The van der Waals surface area contributed by atoms with Crippen LogP contribution in [0.25, 0.3) is 11.3 Å². The lowest BCUT2D eigenvalue weighted by Crippen LogP contribution is -2.13. The Morgan fingerprint density at radius 1 is 1.19 bits per heavy atom. The predicted octanol–water partition coefficient (Wildman–Crippen LogP) is 3.64. The maximum Gasteiger partial charge on any atom is 0.231 e. The van der Waals surface area contributed by atoms with Crippen molar-refractivity contribution < 1.29 is 4.79 Å². The summed E-state index contributed by atoms with van der Waals surface area (Å²) < 4.78 is 0. The van der Waals surface area contributed by atoms with Crippen molar-refractivity contribution in [1.29, 1.82) is 0 Å². The zero-order chi connectivity index (χ0) is 14.7. The number of nitrogen functional groups attached to an aromatic ring is 1. The number of carbonyl (C=O) groups is 1. The molecule has 3 rings (SSSR count). The van der Waals surface area contributed by atoms with E-state index in [1.54, 1.807) is 11.3 Å². The number of amides is 1. The number of nitrogens with two attached hydrogens (primary N) is 1. The van der Waals surface area contributed by atoms with Gasteiger partial charge >= 0.3 is 0 Å². The maximum atomic E-state index is 11.9. The van der Waals surface area contributed by atoms with Crippen LogP contribution < -0.4 is 11.1 Å². The molecule has 0 aliphatic heterocycles. The smallest absolute Gasteiger partial charge is 0.231 e. The number of thiophene rings is 1. The molecule has 4 nitrogen and oxygen atoms in total. The molecule has 21 heavy (non-hydrogen) atoms. The Kier molecular flexibility index (Phi) is 3.98. The van der Waals surface area contributed by atoms with Gasteiger partial charge in [-0.3, -0.25) is 4.79 Å². The van der Waals surface area contributed by atoms with Gasteiger partial charge in [0.25, 0.3) is 0 Å². The average molecular weight is 315 g/mol. The highest BCUT2D eigenvalue weighted by Gasteiger charge is 2.09. The molecule has 0 bridgehead atoms. The molecule has 1 aromatic carbocycles. The molecule has 0 unspecified atom stereocenters. The molecule has 2 aromatic heterocycles. The van der Waals surface area contributed by atoms with Crippen molar-refractivity contribution in [2.75, 3.05) is 11.1 Å². The second-order valence-electron chi connectivity index (χ2n) is 4.46. The van der Waals surface area contributed by atoms with Crippen LogP contribution in [-0.4, -0.2) is 10.9 Å². The molecule has 2 heterocycles. The molecule has 0 radical (unpaired) electrons. The molecule has 6 heteroatoms. The summed E-state index contributed by atoms with van der Waals surface area (Å²) in [6, 6.07) is 11.4. The highest BCUT2D eigenvalue weighted by atomic mass is 32.1. The Bertz CT molecular complexity index is 733. The van der Waals surface area contributed by atoms with Crippen molar-refractivity contribution in [1.82, 2.24) is 4.98 Å². The number of anilines is 2. The molecule has 0 aliphatic rings. The molecule has 0 saturated heterocycles. The van der Waals surface area contributed by atoms with E-state index in [2.05, 4.69) is 10.3 Å². The van der Waals surface area contributed by atoms with Gasteiger partial charge in [0, 0.05) is 21.5 Å². The van der Waals surface area contributed by atoms with E-state index in [9.17, 15) is 4.79 Å². The van der Waals surface area contributed by atoms with E-state index in [-0.39, 0.29) is 5.91 Å². The molecule has 0 atom stereocenters. The lowest BCUT2D eigenvalue weighted by molar-refractivity contribution is -0.115. The van der Waals surface area contributed by atoms with Crippen LogP contribution in [0.15, 0.2) is 47.2 Å². The Morgan fingerprint density at radius 3 is 2.71 bits per heavy atom. The number of nitrogens with one attached hydrogen (secondary N) is 1. The van der Waals surface area contributed by atoms with Gasteiger partial charge in [0.05, 0.1) is 12.1 Å². The average Bonchev–Trinajstić information content (AvgIpc) is 3.11. The Balaban J connectivity index is 1.67. The summed E-state index contributed by atoms with van der Waals surface area (Å²) in [5.41, 5.74) is 8.21. The third-order valence-electron chi connectivity index (χ3n) is 2.87. The number of hydrogen-bond acceptors (Lipinski definition) is 5. The van der Waals surface area contributed by atoms with Crippen LogP contribution in [0.5, 0.6) is 0 Å². The van der Waals surface area contributed by atoms with Gasteiger partial charge < -0.3 is 11.1 Å². The van der Waals surface area contributed by atoms with E-state index in [4.69, 9.17) is 5.73 Å². The van der Waals surface area contributed by atoms with Crippen molar-refractivity contribution >= 4 is 39.4 Å². The second-order valence-corrected chi connectivity index (χ2v) is 6.35. The maximum absolute atomic E-state index is 11.9. The molecule has 0 saturated carbocycles. The van der Waals surface area contributed by atoms with Gasteiger partial charge in [-0.05, 0) is 23.6 Å². The lowest BCUT2D eigenvalue weighted by atomic mass is 10.1. The highest BCUT2D eigenvalue weighted by molar-refractivity contribution is 7.14. The van der Waals surface area contributed by atoms with Gasteiger partial charge in [-0.25, -0.2) is 4.98 Å². The van der Waals surface area contributed by atoms with Gasteiger partial charge in [0.1, 0.15) is 0 Å². The number of hydrogen-bond donors (Lipinski definition) is 2. The fraction of sp³-hybridized carbons (Fsp3) is 0.0667. The third-order valence-corrected chi connectivity index (χ3v) is 4.51. The molecule has 3 N–H and O–H groups in total. The van der Waals surface area contributed by atoms with E-state index >= 15 is 0 Å². The molecular formula is C15H13N3OS2. The zero-order valence-electron chi connectivity index (χ0n) is 11.1. The standard InChI is InChI=1S/C15H13N3OS2/c16-11-5-3-10(4-6-11)13-9-21-15(17-13)18-14(19)8-12-2-1-7-20-12/h1-7,9H,8,16H2,(H,17,18,19). The van der Waals surface area contributed by atoms with E-state index in [1.807, 2.05) is 47.2 Å². The first-order valence-corrected chi connectivity index (χ1v) is 8.10. The number of nitrogens with zero attached hydrogens (tertiary/aromatic N) is 1. The van der Waals surface area contributed by atoms with Gasteiger partial charge in [0.2, 0.25) is 5.91 Å². The van der Waals surface area contributed by atoms with E-state index in [0.29, 0.717) is 11.6 Å². The van der Waals surface area contributed by atoms with Crippen LogP contribution in [0, 0.1) is 0 Å². The van der Waals surface area contributed by atoms with Crippen molar-refractivity contribution in [3.63, 3.8) is 0 Å². The first-order valence-electron chi connectivity index (χ1n) is 6.34. The van der Waals surface area contributed by atoms with Crippen molar-refractivity contribution in [3.05, 3.63) is 52.0 Å².